The molecule has 0 unspecified atom stereocenters. The van der Waals surface area contributed by atoms with Crippen molar-refractivity contribution in [1.29, 1.82) is 0 Å². The Morgan fingerprint density at radius 2 is 1.95 bits per heavy atom. The summed E-state index contributed by atoms with van der Waals surface area (Å²) in [5, 5.41) is 10.5. The predicted octanol–water partition coefficient (Wildman–Crippen LogP) is 3.72. The Kier molecular flexibility index (Phi) is 6.64. The fourth-order valence-corrected chi connectivity index (χ4v) is 3.72. The second-order valence-electron chi connectivity index (χ2n) is 7.93. The van der Waals surface area contributed by atoms with Crippen molar-refractivity contribution in [3.8, 4) is 17.2 Å². The number of nitrogens with two attached hydrogens (primary N) is 1. The summed E-state index contributed by atoms with van der Waals surface area (Å²) >= 11 is 0. The molecule has 0 aliphatic carbocycles. The van der Waals surface area contributed by atoms with E-state index < -0.39 is 5.91 Å². The van der Waals surface area contributed by atoms with Crippen LogP contribution in [-0.2, 0) is 11.3 Å². The maximum atomic E-state index is 12.1. The van der Waals surface area contributed by atoms with Crippen molar-refractivity contribution in [1.82, 2.24) is 24.7 Å². The Labute approximate surface area is 211 Å². The molecule has 5 aromatic rings. The highest BCUT2D eigenvalue weighted by atomic mass is 16.5. The van der Waals surface area contributed by atoms with Gasteiger partial charge in [0.25, 0.3) is 5.91 Å². The topological polar surface area (TPSA) is 155 Å². The van der Waals surface area contributed by atoms with E-state index in [2.05, 4.69) is 30.7 Å². The summed E-state index contributed by atoms with van der Waals surface area (Å²) in [6.07, 6.45) is 4.79. The summed E-state index contributed by atoms with van der Waals surface area (Å²) in [5.74, 6) is 0.609. The van der Waals surface area contributed by atoms with Crippen molar-refractivity contribution < 1.29 is 18.7 Å². The molecule has 2 aromatic carbocycles. The standard InChI is InChI=1S/C25H24N8O4/c1-35-11-10-33-14-15(12-28-33)29-25-27-13-17(22(26)34)23(32-25)30-19-8-5-6-16(21(19)36-2)24-31-18-7-3-4-9-20(18)37-24/h3-9,12-14H,10-11H2,1-2H3,(H2,26,34)(H2,27,29,30,32). The zero-order valence-electron chi connectivity index (χ0n) is 20.1. The number of benzene rings is 2. The van der Waals surface area contributed by atoms with Crippen LogP contribution in [0.2, 0.25) is 0 Å². The van der Waals surface area contributed by atoms with Gasteiger partial charge in [-0.2, -0.15) is 10.1 Å². The molecule has 0 bridgehead atoms. The lowest BCUT2D eigenvalue weighted by molar-refractivity contribution is 0.100. The highest BCUT2D eigenvalue weighted by Crippen LogP contribution is 2.38. The fourth-order valence-electron chi connectivity index (χ4n) is 3.72. The van der Waals surface area contributed by atoms with Crippen LogP contribution in [-0.4, -0.2) is 51.5 Å². The molecule has 4 N–H and O–H groups in total. The van der Waals surface area contributed by atoms with Crippen molar-refractivity contribution in [3.05, 3.63) is 66.6 Å². The van der Waals surface area contributed by atoms with Crippen molar-refractivity contribution in [2.75, 3.05) is 31.5 Å². The van der Waals surface area contributed by atoms with Gasteiger partial charge in [0.05, 0.1) is 43.4 Å². The van der Waals surface area contributed by atoms with Gasteiger partial charge >= 0.3 is 0 Å². The van der Waals surface area contributed by atoms with Crippen molar-refractivity contribution in [2.24, 2.45) is 5.73 Å². The van der Waals surface area contributed by atoms with Crippen LogP contribution in [0.3, 0.4) is 0 Å². The largest absolute Gasteiger partial charge is 0.494 e. The van der Waals surface area contributed by atoms with Gasteiger partial charge in [-0.1, -0.05) is 18.2 Å². The van der Waals surface area contributed by atoms with Crippen LogP contribution in [0.25, 0.3) is 22.6 Å². The normalized spacial score (nSPS) is 11.0. The number of rotatable bonds is 10. The molecule has 0 saturated heterocycles. The molecule has 3 heterocycles. The van der Waals surface area contributed by atoms with Crippen LogP contribution >= 0.6 is 0 Å². The van der Waals surface area contributed by atoms with Crippen LogP contribution in [0.15, 0.2) is 65.5 Å². The number of fused-ring (bicyclic) bond motifs is 1. The number of methoxy groups -OCH3 is 2. The number of anilines is 4. The zero-order valence-corrected chi connectivity index (χ0v) is 20.1. The summed E-state index contributed by atoms with van der Waals surface area (Å²) in [7, 11) is 3.17. The number of carbonyl (C=O) groups is 1. The van der Waals surface area contributed by atoms with Crippen LogP contribution in [0.1, 0.15) is 10.4 Å². The van der Waals surface area contributed by atoms with Crippen molar-refractivity contribution >= 4 is 40.1 Å². The number of oxazole rings is 1. The number of amides is 1. The Morgan fingerprint density at radius 3 is 2.73 bits per heavy atom. The Hall–Kier alpha value is -4.97. The molecule has 0 atom stereocenters. The van der Waals surface area contributed by atoms with E-state index in [1.54, 1.807) is 30.3 Å². The van der Waals surface area contributed by atoms with Crippen LogP contribution < -0.4 is 21.1 Å². The maximum Gasteiger partial charge on any atom is 0.254 e. The van der Waals surface area contributed by atoms with Gasteiger partial charge in [0.2, 0.25) is 11.8 Å². The first-order valence-corrected chi connectivity index (χ1v) is 11.3. The van der Waals surface area contributed by atoms with Gasteiger partial charge in [-0.15, -0.1) is 0 Å². The summed E-state index contributed by atoms with van der Waals surface area (Å²) in [5.41, 5.74) is 8.91. The molecule has 3 aromatic heterocycles. The number of para-hydroxylation sites is 3. The molecule has 0 saturated carbocycles. The van der Waals surface area contributed by atoms with E-state index in [1.807, 2.05) is 36.4 Å². The SMILES string of the molecule is COCCn1cc(Nc2ncc(C(N)=O)c(Nc3cccc(-c4nc5ccccc5o4)c3OC)n2)cn1. The first-order chi connectivity index (χ1) is 18.1. The number of nitrogens with one attached hydrogen (secondary N) is 2. The van der Waals surface area contributed by atoms with Gasteiger partial charge in [-0.3, -0.25) is 9.48 Å². The number of ether oxygens (including phenoxy) is 2. The van der Waals surface area contributed by atoms with Crippen molar-refractivity contribution in [3.63, 3.8) is 0 Å². The van der Waals surface area contributed by atoms with E-state index in [0.717, 1.165) is 5.52 Å². The van der Waals surface area contributed by atoms with E-state index in [4.69, 9.17) is 19.6 Å². The van der Waals surface area contributed by atoms with Crippen molar-refractivity contribution in [2.45, 2.75) is 6.54 Å². The lowest BCUT2D eigenvalue weighted by atomic mass is 10.1. The molecule has 5 rings (SSSR count). The number of nitrogens with zero attached hydrogens (tertiary/aromatic N) is 5. The minimum Gasteiger partial charge on any atom is -0.494 e. The number of carbonyl (C=O) groups excluding carboxylic acids is 1. The molecule has 37 heavy (non-hydrogen) atoms. The fraction of sp³-hybridized carbons (Fsp3) is 0.160. The van der Waals surface area contributed by atoms with E-state index in [1.165, 1.54) is 13.3 Å². The predicted molar refractivity (Wildman–Crippen MR) is 137 cm³/mol. The Bertz CT molecular complexity index is 1530. The average molecular weight is 501 g/mol. The van der Waals surface area contributed by atoms with Crippen LogP contribution in [0, 0.1) is 0 Å². The summed E-state index contributed by atoms with van der Waals surface area (Å²) in [6.45, 7) is 1.13. The monoisotopic (exact) mass is 500 g/mol. The minimum atomic E-state index is -0.685. The van der Waals surface area contributed by atoms with Gasteiger partial charge in [-0.05, 0) is 24.3 Å². The number of hydrogen-bond acceptors (Lipinski definition) is 10. The molecule has 0 aliphatic rings. The van der Waals surface area contributed by atoms with Gasteiger partial charge < -0.3 is 30.3 Å². The number of hydrogen-bond donors (Lipinski definition) is 3. The summed E-state index contributed by atoms with van der Waals surface area (Å²) in [6, 6.07) is 12.9. The zero-order chi connectivity index (χ0) is 25.8. The lowest BCUT2D eigenvalue weighted by Crippen LogP contribution is -2.16. The molecule has 12 nitrogen and oxygen atoms in total. The van der Waals surface area contributed by atoms with E-state index >= 15 is 0 Å². The smallest absolute Gasteiger partial charge is 0.254 e. The van der Waals surface area contributed by atoms with Gasteiger partial charge in [-0.25, -0.2) is 9.97 Å². The molecular formula is C25H24N8O4. The first kappa shape index (κ1) is 23.8. The van der Waals surface area contributed by atoms with E-state index in [9.17, 15) is 4.79 Å². The minimum absolute atomic E-state index is 0.107. The second kappa shape index (κ2) is 10.3. The summed E-state index contributed by atoms with van der Waals surface area (Å²) in [4.78, 5) is 25.4. The van der Waals surface area contributed by atoms with Gasteiger partial charge in [0.1, 0.15) is 16.9 Å². The van der Waals surface area contributed by atoms with E-state index in [0.29, 0.717) is 47.3 Å². The third-order valence-corrected chi connectivity index (χ3v) is 5.46. The highest BCUT2D eigenvalue weighted by molar-refractivity contribution is 5.98. The highest BCUT2D eigenvalue weighted by Gasteiger charge is 2.19. The number of aromatic nitrogens is 5. The molecule has 0 spiro atoms. The Balaban J connectivity index is 1.47. The molecular weight excluding hydrogens is 476 g/mol. The second-order valence-corrected chi connectivity index (χ2v) is 7.93. The average Bonchev–Trinajstić information content (AvgIpc) is 3.54. The molecule has 1 amide bonds. The lowest BCUT2D eigenvalue weighted by Gasteiger charge is -2.15. The number of primary amides is 1. The third-order valence-electron chi connectivity index (χ3n) is 5.46. The van der Waals surface area contributed by atoms with Crippen LogP contribution in [0.5, 0.6) is 5.75 Å². The molecule has 0 fully saturated rings. The van der Waals surface area contributed by atoms with E-state index in [-0.39, 0.29) is 17.3 Å². The Morgan fingerprint density at radius 1 is 1.08 bits per heavy atom. The molecule has 12 heteroatoms. The molecule has 0 aliphatic heterocycles. The molecule has 188 valence electrons. The summed E-state index contributed by atoms with van der Waals surface area (Å²) < 4.78 is 18.4. The third kappa shape index (κ3) is 5.04. The van der Waals surface area contributed by atoms with Gasteiger partial charge in [0.15, 0.2) is 11.3 Å². The van der Waals surface area contributed by atoms with Crippen LogP contribution in [0.4, 0.5) is 23.1 Å². The quantitative estimate of drug-likeness (QED) is 0.258. The van der Waals surface area contributed by atoms with Gasteiger partial charge in [0, 0.05) is 19.5 Å². The molecule has 0 radical (unpaired) electrons. The maximum absolute atomic E-state index is 12.1. The first-order valence-electron chi connectivity index (χ1n) is 11.3.